The molecule has 12 aromatic rings. The number of rotatable bonds is 32. The Kier molecular flexibility index (Phi) is 44.6. The smallest absolute Gasteiger partial charge is 0.373 e. The maximum atomic E-state index is 13.4. The average Bonchev–Trinajstić information content (AvgIpc) is 1.59. The minimum atomic E-state index is -0.912. The first-order valence-electron chi connectivity index (χ1n) is 43.6. The van der Waals surface area contributed by atoms with Gasteiger partial charge in [0.05, 0.1) is 42.1 Å². The van der Waals surface area contributed by atoms with Crippen molar-refractivity contribution in [2.24, 2.45) is 0 Å². The molecule has 690 valence electrons. The van der Waals surface area contributed by atoms with E-state index in [-0.39, 0.29) is 69.0 Å². The van der Waals surface area contributed by atoms with Crippen LogP contribution in [-0.4, -0.2) is 182 Å². The first-order chi connectivity index (χ1) is 64.6. The van der Waals surface area contributed by atoms with Crippen LogP contribution in [0.3, 0.4) is 0 Å². The summed E-state index contributed by atoms with van der Waals surface area (Å²) in [5.41, 5.74) is 10.1. The lowest BCUT2D eigenvalue weighted by Gasteiger charge is -2.26. The second kappa shape index (κ2) is 57.8. The first kappa shape index (κ1) is 103. The van der Waals surface area contributed by atoms with Gasteiger partial charge in [-0.15, -0.1) is 0 Å². The van der Waals surface area contributed by atoms with Gasteiger partial charge >= 0.3 is 33.1 Å². The third-order valence-electron chi connectivity index (χ3n) is 19.7. The number of carbonyl (C=O) groups excluding carboxylic acids is 4. The number of aliphatic hydroxyl groups excluding tert-OH is 1. The molecule has 27 nitrogen and oxygen atoms in total. The van der Waals surface area contributed by atoms with E-state index >= 15 is 0 Å². The van der Waals surface area contributed by atoms with Crippen LogP contribution < -0.4 is 71.3 Å². The van der Waals surface area contributed by atoms with Gasteiger partial charge in [-0.05, 0) is 191 Å². The van der Waals surface area contributed by atoms with E-state index in [9.17, 15) is 34.0 Å². The summed E-state index contributed by atoms with van der Waals surface area (Å²) in [6, 6.07) is 104. The van der Waals surface area contributed by atoms with E-state index in [0.717, 1.165) is 72.1 Å². The molecular formula is C102H115B3ClN11O16. The van der Waals surface area contributed by atoms with Gasteiger partial charge in [0.1, 0.15) is 59.7 Å². The number of carboxylic acids is 1. The highest BCUT2D eigenvalue weighted by Crippen LogP contribution is 2.36. The fraction of sp³-hybridized carbons (Fsp3) is 0.206. The Balaban J connectivity index is 0.000000182. The van der Waals surface area contributed by atoms with Crippen molar-refractivity contribution >= 4 is 103 Å². The Morgan fingerprint density at radius 1 is 0.444 bits per heavy atom. The molecule has 12 aromatic carbocycles. The zero-order valence-electron chi connectivity index (χ0n) is 74.8. The molecule has 3 unspecified atom stereocenters. The molecule has 3 amide bonds. The standard InChI is InChI=1S/C28H30BN3O4.C19H24BN3O3.C15H15NO3.C14H13NO3.C12H11NO.C9H9ClO.C5H13BN2O/c1-29(35)30-23-18-19-31(20-23)28(34)21-32(27(33)17-16-22-10-4-2-5-11-22)25-14-8-9-15-26(25)36-24-12-6-3-7-13-24;1-20(25)22-15-11-12-23(14-15)19(24)13-21-17-9-5-6-10-18(17)26-16-7-3-2-4-8-16;1-18-15(17)11-16-13-9-5-6-10-14(13)19-12-7-3-2-4-8-12;16-14(17)10-15-12-8-4-5-9-13(12)18-11-6-2-1-3-7-11;13-11-8-4-5-9-12(11)14-10-6-2-1-3-7-10;10-9(11)7-6-8-4-2-1-3-5-8;1-6(9)8-5-2-3-7-4-5/h2-17,23,30,35H,18-21H2,1H3;2-10,15,21-22,25H,11-14H2,1H3;2-10,16H,11H2,1H3;1-9,15H,10H2,(H,16,17);1-9H,13H2;1-7,9,11H;5,7-9H,2-4H2,1H3/b17-16+;;;;;7-6+;/t;;;;;9-;/m.....0./s1. The molecule has 0 saturated carbocycles. The summed E-state index contributed by atoms with van der Waals surface area (Å²) in [5.74, 6) is 5.07. The summed E-state index contributed by atoms with van der Waals surface area (Å²) < 4.78 is 33.6. The maximum Gasteiger partial charge on any atom is 0.373 e. The number of hydrogen-bond acceptors (Lipinski definition) is 23. The summed E-state index contributed by atoms with van der Waals surface area (Å²) >= 11 is 5.30. The van der Waals surface area contributed by atoms with E-state index in [1.165, 1.54) is 24.2 Å². The Morgan fingerprint density at radius 2 is 0.789 bits per heavy atom. The minimum Gasteiger partial charge on any atom is -0.480 e. The molecule has 3 aliphatic heterocycles. The van der Waals surface area contributed by atoms with Crippen LogP contribution in [0.4, 0.5) is 28.4 Å². The molecule has 4 atom stereocenters. The molecule has 0 aliphatic carbocycles. The Hall–Kier alpha value is -14.2. The molecule has 0 spiro atoms. The van der Waals surface area contributed by atoms with Gasteiger partial charge in [-0.25, -0.2) is 0 Å². The quantitative estimate of drug-likeness (QED) is 0.00612. The SMILES string of the molecule is CB(O)NC1CCN(C(=O)CN(C(=O)/C=C/c2ccccc2)c2ccccc2Oc2ccccc2)C1.CB(O)NC1CCN(C(=O)CNc2ccccc2Oc2ccccc2)C1.CB(O)NC1CCNC1.COC(=O)CNc1ccccc1Oc1ccccc1.Nc1ccccc1Oc1ccccc1.O=C(O)CNc1ccccc1Oc1ccccc1.O[C@H](Cl)/C=C/c1ccccc1. The van der Waals surface area contributed by atoms with Crippen LogP contribution in [0.15, 0.2) is 346 Å². The number of nitrogens with two attached hydrogens (primary N) is 1. The van der Waals surface area contributed by atoms with Gasteiger partial charge < -0.3 is 106 Å². The Bertz CT molecular complexity index is 5470. The van der Waals surface area contributed by atoms with Gasteiger partial charge in [-0.1, -0.05) is 230 Å². The number of ether oxygens (including phenoxy) is 6. The third-order valence-corrected chi connectivity index (χ3v) is 19.8. The second-order valence-electron chi connectivity index (χ2n) is 30.3. The van der Waals surface area contributed by atoms with Crippen LogP contribution >= 0.6 is 11.6 Å². The lowest BCUT2D eigenvalue weighted by Crippen LogP contribution is -2.45. The molecule has 3 saturated heterocycles. The van der Waals surface area contributed by atoms with Gasteiger partial charge in [0, 0.05) is 56.9 Å². The number of carboxylic acid groups (broad SMARTS) is 1. The van der Waals surface area contributed by atoms with Crippen LogP contribution in [0.1, 0.15) is 30.4 Å². The van der Waals surface area contributed by atoms with Gasteiger partial charge in [0.25, 0.3) is 5.91 Å². The van der Waals surface area contributed by atoms with Crippen molar-refractivity contribution in [3.63, 3.8) is 0 Å². The monoisotopic (exact) mass is 1820 g/mol. The Morgan fingerprint density at radius 3 is 1.19 bits per heavy atom. The van der Waals surface area contributed by atoms with Crippen molar-refractivity contribution in [1.29, 1.82) is 0 Å². The van der Waals surface area contributed by atoms with E-state index < -0.39 is 25.6 Å². The van der Waals surface area contributed by atoms with E-state index in [1.807, 2.05) is 314 Å². The van der Waals surface area contributed by atoms with Crippen LogP contribution in [0.5, 0.6) is 57.5 Å². The molecule has 0 aromatic heterocycles. The number of esters is 1. The highest BCUT2D eigenvalue weighted by Gasteiger charge is 2.31. The summed E-state index contributed by atoms with van der Waals surface area (Å²) in [6.45, 7) is 9.56. The predicted octanol–water partition coefficient (Wildman–Crippen LogP) is 16.4. The molecular weight excluding hydrogens is 1700 g/mol. The number of methoxy groups -OCH3 is 1. The molecule has 14 N–H and O–H groups in total. The number of anilines is 5. The number of hydrogen-bond donors (Lipinski definition) is 13. The number of carbonyl (C=O) groups is 5. The number of nitrogen functional groups attached to an aromatic ring is 1. The van der Waals surface area contributed by atoms with Gasteiger partial charge in [0.2, 0.25) is 11.8 Å². The summed E-state index contributed by atoms with van der Waals surface area (Å²) in [6.07, 6.45) is 9.23. The molecule has 3 fully saturated rings. The zero-order chi connectivity index (χ0) is 94.6. The van der Waals surface area contributed by atoms with Crippen molar-refractivity contribution in [1.82, 2.24) is 30.8 Å². The number of benzene rings is 12. The fourth-order valence-corrected chi connectivity index (χ4v) is 13.4. The van der Waals surface area contributed by atoms with Crippen LogP contribution in [-0.2, 0) is 28.7 Å². The summed E-state index contributed by atoms with van der Waals surface area (Å²) in [4.78, 5) is 65.8. The van der Waals surface area contributed by atoms with Crippen LogP contribution in [0, 0.1) is 0 Å². The average molecular weight is 1820 g/mol. The lowest BCUT2D eigenvalue weighted by atomic mass is 9.87. The Labute approximate surface area is 784 Å². The van der Waals surface area contributed by atoms with Crippen LogP contribution in [0.2, 0.25) is 20.5 Å². The number of amides is 3. The van der Waals surface area contributed by atoms with Crippen molar-refractivity contribution in [2.45, 2.75) is 63.4 Å². The van der Waals surface area contributed by atoms with Crippen molar-refractivity contribution in [2.75, 3.05) is 99.1 Å². The molecule has 0 bridgehead atoms. The first-order valence-corrected chi connectivity index (χ1v) is 44.1. The number of nitrogens with one attached hydrogen (secondary N) is 7. The normalized spacial score (nSPS) is 14.0. The van der Waals surface area contributed by atoms with E-state index in [0.29, 0.717) is 89.5 Å². The highest BCUT2D eigenvalue weighted by atomic mass is 35.5. The van der Waals surface area contributed by atoms with Crippen molar-refractivity contribution in [3.05, 3.63) is 357 Å². The zero-order valence-corrected chi connectivity index (χ0v) is 75.6. The molecule has 31 heteroatoms. The molecule has 3 heterocycles. The maximum absolute atomic E-state index is 13.4. The van der Waals surface area contributed by atoms with Gasteiger partial charge in [-0.2, -0.15) is 0 Å². The molecule has 3 aliphatic rings. The number of halogens is 1. The summed E-state index contributed by atoms with van der Waals surface area (Å²) in [7, 11) is -0.213. The number of aliphatic carboxylic acids is 1. The number of nitrogens with zero attached hydrogens (tertiary/aromatic N) is 3. The lowest BCUT2D eigenvalue weighted by molar-refractivity contribution is -0.138. The topological polar surface area (TPSA) is 362 Å². The van der Waals surface area contributed by atoms with Crippen molar-refractivity contribution in [3.8, 4) is 57.5 Å². The minimum absolute atomic E-state index is 0.0183. The van der Waals surface area contributed by atoms with Gasteiger partial charge in [-0.3, -0.25) is 28.9 Å². The second-order valence-corrected chi connectivity index (χ2v) is 30.7. The summed E-state index contributed by atoms with van der Waals surface area (Å²) in [5, 5.41) is 66.6. The number of likely N-dealkylation sites (tertiary alicyclic amines) is 2. The number of para-hydroxylation sites is 15. The molecule has 0 radical (unpaired) electrons. The van der Waals surface area contributed by atoms with Gasteiger partial charge in [0.15, 0.2) is 23.0 Å². The largest absolute Gasteiger partial charge is 0.480 e. The van der Waals surface area contributed by atoms with E-state index in [2.05, 4.69) is 41.7 Å². The fourth-order valence-electron chi connectivity index (χ4n) is 13.4. The predicted molar refractivity (Wildman–Crippen MR) is 532 cm³/mol. The van der Waals surface area contributed by atoms with Crippen LogP contribution in [0.25, 0.3) is 12.2 Å². The van der Waals surface area contributed by atoms with Crippen molar-refractivity contribution < 1.29 is 77.7 Å². The molecule has 133 heavy (non-hydrogen) atoms. The molecule has 15 rings (SSSR count). The van der Waals surface area contributed by atoms with E-state index in [1.54, 1.807) is 61.8 Å². The third kappa shape index (κ3) is 39.2. The van der Waals surface area contributed by atoms with E-state index in [4.69, 9.17) is 56.3 Å². The number of aliphatic hydroxyl groups is 1. The highest BCUT2D eigenvalue weighted by molar-refractivity contribution is 6.46. The number of alkyl halides is 1.